The standard InChI is InChI=1S/C12H14FN3/c13-9-3-6-16-10(7-9)8-15-11(16)12(14)4-1-2-5-12/h3,6-8H,1-2,4-5,14H2. The minimum atomic E-state index is -0.329. The SMILES string of the molecule is NC1(c2ncc3cc(F)ccn23)CCCC1. The van der Waals surface area contributed by atoms with Crippen LogP contribution in [0.25, 0.3) is 5.52 Å². The molecule has 0 spiro atoms. The van der Waals surface area contributed by atoms with E-state index in [4.69, 9.17) is 5.73 Å². The van der Waals surface area contributed by atoms with E-state index < -0.39 is 0 Å². The molecule has 0 saturated heterocycles. The van der Waals surface area contributed by atoms with E-state index in [1.807, 2.05) is 4.40 Å². The maximum Gasteiger partial charge on any atom is 0.133 e. The molecule has 0 aliphatic heterocycles. The number of nitrogens with zero attached hydrogens (tertiary/aromatic N) is 2. The second kappa shape index (κ2) is 3.28. The van der Waals surface area contributed by atoms with E-state index in [1.54, 1.807) is 12.4 Å². The summed E-state index contributed by atoms with van der Waals surface area (Å²) in [6.07, 6.45) is 7.61. The fraction of sp³-hybridized carbons (Fsp3) is 0.417. The normalized spacial score (nSPS) is 19.4. The van der Waals surface area contributed by atoms with Crippen molar-refractivity contribution in [3.63, 3.8) is 0 Å². The highest BCUT2D eigenvalue weighted by Crippen LogP contribution is 2.35. The third-order valence-electron chi connectivity index (χ3n) is 3.44. The lowest BCUT2D eigenvalue weighted by Gasteiger charge is -2.21. The van der Waals surface area contributed by atoms with Gasteiger partial charge in [0.1, 0.15) is 11.6 Å². The van der Waals surface area contributed by atoms with Crippen LogP contribution in [0.1, 0.15) is 31.5 Å². The lowest BCUT2D eigenvalue weighted by Crippen LogP contribution is -2.35. The van der Waals surface area contributed by atoms with Crippen molar-refractivity contribution >= 4 is 5.52 Å². The Kier molecular flexibility index (Phi) is 2.01. The van der Waals surface area contributed by atoms with Gasteiger partial charge in [0.15, 0.2) is 0 Å². The van der Waals surface area contributed by atoms with Gasteiger partial charge in [0, 0.05) is 6.20 Å². The molecule has 3 rings (SSSR count). The predicted octanol–water partition coefficient (Wildman–Crippen LogP) is 2.20. The van der Waals surface area contributed by atoms with Crippen molar-refractivity contribution in [2.24, 2.45) is 5.73 Å². The van der Waals surface area contributed by atoms with Gasteiger partial charge in [-0.2, -0.15) is 0 Å². The first-order valence-corrected chi connectivity index (χ1v) is 5.61. The van der Waals surface area contributed by atoms with Gasteiger partial charge < -0.3 is 10.1 Å². The molecule has 16 heavy (non-hydrogen) atoms. The topological polar surface area (TPSA) is 43.3 Å². The molecule has 84 valence electrons. The quantitative estimate of drug-likeness (QED) is 0.799. The van der Waals surface area contributed by atoms with E-state index in [2.05, 4.69) is 4.98 Å². The lowest BCUT2D eigenvalue weighted by molar-refractivity contribution is 0.429. The van der Waals surface area contributed by atoms with Crippen LogP contribution in [0.15, 0.2) is 24.5 Å². The molecule has 2 aromatic rings. The molecule has 0 unspecified atom stereocenters. The largest absolute Gasteiger partial charge is 0.319 e. The van der Waals surface area contributed by atoms with Crippen LogP contribution in [-0.2, 0) is 5.54 Å². The Labute approximate surface area is 93.1 Å². The number of hydrogen-bond acceptors (Lipinski definition) is 2. The predicted molar refractivity (Wildman–Crippen MR) is 59.5 cm³/mol. The molecule has 1 fully saturated rings. The summed E-state index contributed by atoms with van der Waals surface area (Å²) >= 11 is 0. The van der Waals surface area contributed by atoms with Crippen LogP contribution in [0.4, 0.5) is 4.39 Å². The van der Waals surface area contributed by atoms with Crippen molar-refractivity contribution in [3.05, 3.63) is 36.2 Å². The molecule has 2 heterocycles. The molecular weight excluding hydrogens is 205 g/mol. The Balaban J connectivity index is 2.17. The van der Waals surface area contributed by atoms with Crippen molar-refractivity contribution in [2.75, 3.05) is 0 Å². The lowest BCUT2D eigenvalue weighted by atomic mass is 9.98. The van der Waals surface area contributed by atoms with Crippen molar-refractivity contribution in [1.29, 1.82) is 0 Å². The first kappa shape index (κ1) is 9.78. The molecule has 1 saturated carbocycles. The molecule has 0 radical (unpaired) electrons. The molecule has 1 aliphatic carbocycles. The maximum absolute atomic E-state index is 13.0. The number of imidazole rings is 1. The Morgan fingerprint density at radius 3 is 2.88 bits per heavy atom. The fourth-order valence-electron chi connectivity index (χ4n) is 2.57. The van der Waals surface area contributed by atoms with Crippen molar-refractivity contribution in [3.8, 4) is 0 Å². The Morgan fingerprint density at radius 1 is 1.38 bits per heavy atom. The zero-order chi connectivity index (χ0) is 11.2. The van der Waals surface area contributed by atoms with E-state index >= 15 is 0 Å². The van der Waals surface area contributed by atoms with Crippen LogP contribution >= 0.6 is 0 Å². The summed E-state index contributed by atoms with van der Waals surface area (Å²) in [6.45, 7) is 0. The van der Waals surface area contributed by atoms with E-state index in [9.17, 15) is 4.39 Å². The zero-order valence-electron chi connectivity index (χ0n) is 8.99. The molecule has 0 amide bonds. The molecule has 0 aromatic carbocycles. The van der Waals surface area contributed by atoms with E-state index in [1.165, 1.54) is 12.1 Å². The second-order valence-electron chi connectivity index (χ2n) is 4.58. The number of pyridine rings is 1. The zero-order valence-corrected chi connectivity index (χ0v) is 8.99. The maximum atomic E-state index is 13.0. The minimum absolute atomic E-state index is 0.239. The average molecular weight is 219 g/mol. The first-order chi connectivity index (χ1) is 7.69. The summed E-state index contributed by atoms with van der Waals surface area (Å²) in [5, 5.41) is 0. The number of rotatable bonds is 1. The highest BCUT2D eigenvalue weighted by Gasteiger charge is 2.34. The van der Waals surface area contributed by atoms with Gasteiger partial charge in [0.2, 0.25) is 0 Å². The van der Waals surface area contributed by atoms with Crippen LogP contribution in [0.2, 0.25) is 0 Å². The summed E-state index contributed by atoms with van der Waals surface area (Å²) < 4.78 is 14.9. The van der Waals surface area contributed by atoms with Crippen LogP contribution in [-0.4, -0.2) is 9.38 Å². The van der Waals surface area contributed by atoms with Crippen LogP contribution in [0, 0.1) is 5.82 Å². The highest BCUT2D eigenvalue weighted by atomic mass is 19.1. The first-order valence-electron chi connectivity index (χ1n) is 5.61. The van der Waals surface area contributed by atoms with Gasteiger partial charge in [-0.25, -0.2) is 9.37 Å². The summed E-state index contributed by atoms with van der Waals surface area (Å²) in [5.41, 5.74) is 6.79. The minimum Gasteiger partial charge on any atom is -0.319 e. The monoisotopic (exact) mass is 219 g/mol. The Hall–Kier alpha value is -1.42. The van der Waals surface area contributed by atoms with Crippen molar-refractivity contribution < 1.29 is 4.39 Å². The Morgan fingerprint density at radius 2 is 2.12 bits per heavy atom. The second-order valence-corrected chi connectivity index (χ2v) is 4.58. The Bertz CT molecular complexity index is 526. The number of hydrogen-bond donors (Lipinski definition) is 1. The fourth-order valence-corrected chi connectivity index (χ4v) is 2.57. The number of halogens is 1. The van der Waals surface area contributed by atoms with Gasteiger partial charge in [-0.05, 0) is 25.0 Å². The summed E-state index contributed by atoms with van der Waals surface area (Å²) in [4.78, 5) is 4.36. The van der Waals surface area contributed by atoms with Crippen LogP contribution in [0.5, 0.6) is 0 Å². The van der Waals surface area contributed by atoms with Crippen LogP contribution < -0.4 is 5.73 Å². The average Bonchev–Trinajstić information content (AvgIpc) is 2.84. The van der Waals surface area contributed by atoms with E-state index in [-0.39, 0.29) is 11.4 Å². The third kappa shape index (κ3) is 1.33. The van der Waals surface area contributed by atoms with Gasteiger partial charge in [-0.1, -0.05) is 12.8 Å². The molecule has 2 N–H and O–H groups in total. The summed E-state index contributed by atoms with van der Waals surface area (Å²) in [7, 11) is 0. The molecule has 4 heteroatoms. The third-order valence-corrected chi connectivity index (χ3v) is 3.44. The molecule has 0 bridgehead atoms. The van der Waals surface area contributed by atoms with Gasteiger partial charge >= 0.3 is 0 Å². The van der Waals surface area contributed by atoms with Crippen LogP contribution in [0.3, 0.4) is 0 Å². The smallest absolute Gasteiger partial charge is 0.133 e. The summed E-state index contributed by atoms with van der Waals surface area (Å²) in [5.74, 6) is 0.622. The van der Waals surface area contributed by atoms with Crippen molar-refractivity contribution in [2.45, 2.75) is 31.2 Å². The molecule has 0 atom stereocenters. The van der Waals surface area contributed by atoms with Gasteiger partial charge in [0.25, 0.3) is 0 Å². The van der Waals surface area contributed by atoms with Gasteiger partial charge in [0.05, 0.1) is 17.3 Å². The highest BCUT2D eigenvalue weighted by molar-refractivity contribution is 5.47. The van der Waals surface area contributed by atoms with E-state index in [0.717, 1.165) is 37.0 Å². The number of aromatic nitrogens is 2. The van der Waals surface area contributed by atoms with Crippen molar-refractivity contribution in [1.82, 2.24) is 9.38 Å². The molecular formula is C12H14FN3. The van der Waals surface area contributed by atoms with E-state index in [0.29, 0.717) is 0 Å². The molecule has 3 nitrogen and oxygen atoms in total. The summed E-state index contributed by atoms with van der Waals surface area (Å²) in [6, 6.07) is 2.92. The van der Waals surface area contributed by atoms with Gasteiger partial charge in [-0.3, -0.25) is 0 Å². The number of fused-ring (bicyclic) bond motifs is 1. The van der Waals surface area contributed by atoms with Gasteiger partial charge in [-0.15, -0.1) is 0 Å². The molecule has 1 aliphatic rings. The molecule has 2 aromatic heterocycles. The number of nitrogens with two attached hydrogens (primary N) is 1.